The van der Waals surface area contributed by atoms with Crippen molar-refractivity contribution in [3.8, 4) is 5.75 Å². The van der Waals surface area contributed by atoms with E-state index in [0.717, 1.165) is 4.90 Å². The molecule has 2 rings (SSSR count). The van der Waals surface area contributed by atoms with Gasteiger partial charge < -0.3 is 15.4 Å². The molecule has 21 heavy (non-hydrogen) atoms. The van der Waals surface area contributed by atoms with Crippen LogP contribution < -0.4 is 10.5 Å². The molecule has 2 N–H and O–H groups in total. The maximum Gasteiger partial charge on any atom is 0.267 e. The topological polar surface area (TPSA) is 55.6 Å². The molecule has 1 heterocycles. The number of hydrogen-bond acceptors (Lipinski definition) is 3. The van der Waals surface area contributed by atoms with Crippen molar-refractivity contribution in [3.63, 3.8) is 0 Å². The SMILES string of the molecule is Cl.NCCOc1ccc(C(=O)N2CCC(F)(F)C2)cc1Cl. The number of ether oxygens (including phenoxy) is 1. The summed E-state index contributed by atoms with van der Waals surface area (Å²) in [6.45, 7) is 0.162. The lowest BCUT2D eigenvalue weighted by Gasteiger charge is -2.16. The number of likely N-dealkylation sites (tertiary alicyclic amines) is 1. The van der Waals surface area contributed by atoms with Gasteiger partial charge in [-0.1, -0.05) is 11.6 Å². The normalized spacial score (nSPS) is 16.5. The Bertz CT molecular complexity index is 515. The second kappa shape index (κ2) is 7.24. The third kappa shape index (κ3) is 4.43. The van der Waals surface area contributed by atoms with Crippen LogP contribution in [0.4, 0.5) is 8.78 Å². The monoisotopic (exact) mass is 340 g/mol. The van der Waals surface area contributed by atoms with Crippen LogP contribution in [0.1, 0.15) is 16.8 Å². The van der Waals surface area contributed by atoms with E-state index in [1.54, 1.807) is 6.07 Å². The average molecular weight is 341 g/mol. The van der Waals surface area contributed by atoms with Crippen molar-refractivity contribution in [1.29, 1.82) is 0 Å². The molecule has 0 unspecified atom stereocenters. The molecule has 1 fully saturated rings. The third-order valence-corrected chi connectivity index (χ3v) is 3.31. The van der Waals surface area contributed by atoms with E-state index in [0.29, 0.717) is 18.9 Å². The minimum Gasteiger partial charge on any atom is -0.491 e. The fourth-order valence-corrected chi connectivity index (χ4v) is 2.25. The highest BCUT2D eigenvalue weighted by Gasteiger charge is 2.40. The minimum atomic E-state index is -2.80. The molecule has 1 amide bonds. The molecule has 1 aromatic carbocycles. The summed E-state index contributed by atoms with van der Waals surface area (Å²) in [6.07, 6.45) is -0.301. The smallest absolute Gasteiger partial charge is 0.267 e. The Balaban J connectivity index is 0.00000220. The molecule has 0 saturated carbocycles. The fraction of sp³-hybridized carbons (Fsp3) is 0.462. The van der Waals surface area contributed by atoms with Crippen LogP contribution in [0, 0.1) is 0 Å². The minimum absolute atomic E-state index is 0. The zero-order valence-electron chi connectivity index (χ0n) is 11.2. The summed E-state index contributed by atoms with van der Waals surface area (Å²) in [5.74, 6) is -2.83. The number of alkyl halides is 2. The summed E-state index contributed by atoms with van der Waals surface area (Å²) in [7, 11) is 0. The number of amides is 1. The Morgan fingerprint density at radius 2 is 2.19 bits per heavy atom. The Morgan fingerprint density at radius 3 is 2.71 bits per heavy atom. The van der Waals surface area contributed by atoms with Gasteiger partial charge in [0.1, 0.15) is 12.4 Å². The molecule has 1 aromatic rings. The van der Waals surface area contributed by atoms with Crippen molar-refractivity contribution in [2.24, 2.45) is 5.73 Å². The number of rotatable bonds is 4. The summed E-state index contributed by atoms with van der Waals surface area (Å²) in [4.78, 5) is 13.2. The highest BCUT2D eigenvalue weighted by atomic mass is 35.5. The molecule has 0 spiro atoms. The predicted octanol–water partition coefficient (Wildman–Crippen LogP) is 2.58. The van der Waals surface area contributed by atoms with Gasteiger partial charge in [-0.15, -0.1) is 12.4 Å². The number of benzene rings is 1. The molecule has 8 heteroatoms. The van der Waals surface area contributed by atoms with Crippen molar-refractivity contribution >= 4 is 29.9 Å². The molecule has 0 radical (unpaired) electrons. The molecule has 4 nitrogen and oxygen atoms in total. The van der Waals surface area contributed by atoms with E-state index in [4.69, 9.17) is 22.1 Å². The Hall–Kier alpha value is -1.11. The largest absolute Gasteiger partial charge is 0.491 e. The maximum atomic E-state index is 13.1. The van der Waals surface area contributed by atoms with Crippen LogP contribution in [-0.2, 0) is 0 Å². The Morgan fingerprint density at radius 1 is 1.48 bits per heavy atom. The summed E-state index contributed by atoms with van der Waals surface area (Å²) in [5.41, 5.74) is 5.58. The van der Waals surface area contributed by atoms with Crippen molar-refractivity contribution < 1.29 is 18.3 Å². The van der Waals surface area contributed by atoms with E-state index in [1.807, 2.05) is 0 Å². The first kappa shape index (κ1) is 17.9. The summed E-state index contributed by atoms with van der Waals surface area (Å²) < 4.78 is 31.5. The maximum absolute atomic E-state index is 13.1. The molecule has 0 aliphatic carbocycles. The van der Waals surface area contributed by atoms with Crippen molar-refractivity contribution in [1.82, 2.24) is 4.90 Å². The van der Waals surface area contributed by atoms with Crippen LogP contribution in [0.15, 0.2) is 18.2 Å². The van der Waals surface area contributed by atoms with Crippen LogP contribution in [0.5, 0.6) is 5.75 Å². The van der Waals surface area contributed by atoms with Crippen molar-refractivity contribution in [2.45, 2.75) is 12.3 Å². The molecule has 0 atom stereocenters. The molecule has 118 valence electrons. The van der Waals surface area contributed by atoms with Gasteiger partial charge in [0.05, 0.1) is 11.6 Å². The van der Waals surface area contributed by atoms with Gasteiger partial charge in [0, 0.05) is 25.1 Å². The van der Waals surface area contributed by atoms with Crippen LogP contribution in [-0.4, -0.2) is 43.0 Å². The third-order valence-electron chi connectivity index (χ3n) is 3.01. The molecule has 0 aromatic heterocycles. The van der Waals surface area contributed by atoms with E-state index in [1.165, 1.54) is 12.1 Å². The first-order valence-corrected chi connectivity index (χ1v) is 6.60. The average Bonchev–Trinajstić information content (AvgIpc) is 2.77. The van der Waals surface area contributed by atoms with Crippen molar-refractivity contribution in [3.05, 3.63) is 28.8 Å². The van der Waals surface area contributed by atoms with Crippen LogP contribution in [0.25, 0.3) is 0 Å². The second-order valence-electron chi connectivity index (χ2n) is 4.61. The van der Waals surface area contributed by atoms with Gasteiger partial charge in [0.25, 0.3) is 11.8 Å². The fourth-order valence-electron chi connectivity index (χ4n) is 2.01. The molecule has 1 aliphatic heterocycles. The quantitative estimate of drug-likeness (QED) is 0.916. The number of halogens is 4. The van der Waals surface area contributed by atoms with Gasteiger partial charge in [-0.05, 0) is 18.2 Å². The van der Waals surface area contributed by atoms with Crippen LogP contribution >= 0.6 is 24.0 Å². The number of nitrogens with zero attached hydrogens (tertiary/aromatic N) is 1. The molecular weight excluding hydrogens is 325 g/mol. The number of hydrogen-bond donors (Lipinski definition) is 1. The lowest BCUT2D eigenvalue weighted by atomic mass is 10.2. The number of nitrogens with two attached hydrogens (primary N) is 1. The van der Waals surface area contributed by atoms with E-state index in [9.17, 15) is 13.6 Å². The first-order chi connectivity index (χ1) is 9.43. The highest BCUT2D eigenvalue weighted by Crippen LogP contribution is 2.30. The zero-order chi connectivity index (χ0) is 14.8. The van der Waals surface area contributed by atoms with E-state index in [-0.39, 0.29) is 36.0 Å². The Kier molecular flexibility index (Phi) is 6.19. The lowest BCUT2D eigenvalue weighted by Crippen LogP contribution is -2.31. The first-order valence-electron chi connectivity index (χ1n) is 6.22. The zero-order valence-corrected chi connectivity index (χ0v) is 12.7. The van der Waals surface area contributed by atoms with E-state index >= 15 is 0 Å². The standard InChI is InChI=1S/C13H15ClF2N2O2.ClH/c14-10-7-9(1-2-11(10)20-6-4-17)12(19)18-5-3-13(15,16)8-18;/h1-2,7H,3-6,8,17H2;1H. The summed E-state index contributed by atoms with van der Waals surface area (Å²) in [6, 6.07) is 4.47. The molecule has 1 saturated heterocycles. The van der Waals surface area contributed by atoms with Gasteiger partial charge in [0.15, 0.2) is 0 Å². The highest BCUT2D eigenvalue weighted by molar-refractivity contribution is 6.32. The Labute approximate surface area is 132 Å². The summed E-state index contributed by atoms with van der Waals surface area (Å²) >= 11 is 5.99. The number of carbonyl (C=O) groups excluding carboxylic acids is 1. The molecular formula is C13H16Cl2F2N2O2. The van der Waals surface area contributed by atoms with Gasteiger partial charge in [-0.25, -0.2) is 8.78 Å². The van der Waals surface area contributed by atoms with Gasteiger partial charge in [0.2, 0.25) is 0 Å². The summed E-state index contributed by atoms with van der Waals surface area (Å²) in [5, 5.41) is 0.259. The lowest BCUT2D eigenvalue weighted by molar-refractivity contribution is 0.0120. The number of carbonyl (C=O) groups is 1. The van der Waals surface area contributed by atoms with Crippen molar-refractivity contribution in [2.75, 3.05) is 26.2 Å². The van der Waals surface area contributed by atoms with E-state index in [2.05, 4.69) is 0 Å². The molecule has 0 bridgehead atoms. The van der Waals surface area contributed by atoms with Gasteiger partial charge >= 0.3 is 0 Å². The van der Waals surface area contributed by atoms with E-state index < -0.39 is 18.4 Å². The van der Waals surface area contributed by atoms with Crippen LogP contribution in [0.3, 0.4) is 0 Å². The second-order valence-corrected chi connectivity index (χ2v) is 5.02. The van der Waals surface area contributed by atoms with Crippen LogP contribution in [0.2, 0.25) is 5.02 Å². The van der Waals surface area contributed by atoms with Gasteiger partial charge in [-0.2, -0.15) is 0 Å². The van der Waals surface area contributed by atoms with Gasteiger partial charge in [-0.3, -0.25) is 4.79 Å². The molecule has 1 aliphatic rings. The predicted molar refractivity (Wildman–Crippen MR) is 78.7 cm³/mol.